The molecule has 0 unspecified atom stereocenters. The van der Waals surface area contributed by atoms with Crippen molar-refractivity contribution in [2.75, 3.05) is 24.7 Å². The maximum Gasteiger partial charge on any atom is 0.378 e. The lowest BCUT2D eigenvalue weighted by atomic mass is 10.2. The Morgan fingerprint density at radius 3 is 1.50 bits per heavy atom. The van der Waals surface area contributed by atoms with Gasteiger partial charge in [0.1, 0.15) is 0 Å². The number of hydrogen-bond acceptors (Lipinski definition) is 8. The number of carbonyl (C=O) groups excluding carboxylic acids is 2. The van der Waals surface area contributed by atoms with Crippen LogP contribution in [0, 0.1) is 0 Å². The van der Waals surface area contributed by atoms with Crippen LogP contribution in [0.2, 0.25) is 0 Å². The van der Waals surface area contributed by atoms with E-state index in [1.54, 1.807) is 35.4 Å². The van der Waals surface area contributed by atoms with E-state index in [0.29, 0.717) is 13.2 Å². The maximum absolute atomic E-state index is 11.0. The third-order valence-corrected chi connectivity index (χ3v) is 6.16. The predicted octanol–water partition coefficient (Wildman–Crippen LogP) is 5.62. The Bertz CT molecular complexity index is 238. The Morgan fingerprint density at radius 1 is 0.750 bits per heavy atom. The van der Waals surface area contributed by atoms with Crippen molar-refractivity contribution in [1.82, 2.24) is 0 Å². The first kappa shape index (κ1) is 20.3. The molecule has 0 heterocycles. The zero-order chi connectivity index (χ0) is 15.1. The smallest absolute Gasteiger partial charge is 0.378 e. The molecule has 0 rings (SSSR count). The second-order valence-corrected chi connectivity index (χ2v) is 8.29. The number of hydrogen-bond donors (Lipinski definition) is 0. The van der Waals surface area contributed by atoms with Crippen LogP contribution in [0.1, 0.15) is 39.5 Å². The monoisotopic (exact) mass is 358 g/mol. The lowest BCUT2D eigenvalue weighted by Crippen LogP contribution is -1.94. The average Bonchev–Trinajstić information content (AvgIpc) is 2.41. The molecule has 0 atom stereocenters. The van der Waals surface area contributed by atoms with Crippen LogP contribution < -0.4 is 0 Å². The minimum Gasteiger partial charge on any atom is -0.457 e. The molecular weight excluding hydrogens is 336 g/mol. The van der Waals surface area contributed by atoms with Gasteiger partial charge in [-0.1, -0.05) is 34.4 Å². The fourth-order valence-corrected chi connectivity index (χ4v) is 4.55. The van der Waals surface area contributed by atoms with Crippen LogP contribution >= 0.6 is 43.2 Å². The summed E-state index contributed by atoms with van der Waals surface area (Å²) < 4.78 is 9.62. The summed E-state index contributed by atoms with van der Waals surface area (Å²) in [5.41, 5.74) is 0. The fraction of sp³-hybridized carbons (Fsp3) is 0.833. The first-order chi connectivity index (χ1) is 9.70. The Kier molecular flexibility index (Phi) is 16.0. The van der Waals surface area contributed by atoms with Gasteiger partial charge >= 0.3 is 10.6 Å². The van der Waals surface area contributed by atoms with Crippen molar-refractivity contribution in [3.8, 4) is 0 Å². The summed E-state index contributed by atoms with van der Waals surface area (Å²) in [6.45, 7) is 4.49. The van der Waals surface area contributed by atoms with Crippen molar-refractivity contribution >= 4 is 53.8 Å². The highest BCUT2D eigenvalue weighted by atomic mass is 33.1. The predicted molar refractivity (Wildman–Crippen MR) is 92.6 cm³/mol. The van der Waals surface area contributed by atoms with Gasteiger partial charge < -0.3 is 9.47 Å². The Balaban J connectivity index is 3.13. The van der Waals surface area contributed by atoms with Crippen LogP contribution in [0.25, 0.3) is 0 Å². The molecule has 118 valence electrons. The van der Waals surface area contributed by atoms with E-state index in [0.717, 1.165) is 37.2 Å². The minimum atomic E-state index is -0.204. The molecule has 0 aliphatic carbocycles. The van der Waals surface area contributed by atoms with Crippen molar-refractivity contribution in [2.45, 2.75) is 39.5 Å². The summed E-state index contributed by atoms with van der Waals surface area (Å²) in [6.07, 6.45) is 4.52. The zero-order valence-electron chi connectivity index (χ0n) is 11.9. The van der Waals surface area contributed by atoms with Gasteiger partial charge in [0.2, 0.25) is 0 Å². The number of carbonyl (C=O) groups is 2. The van der Waals surface area contributed by atoms with Gasteiger partial charge in [0.05, 0.1) is 13.2 Å². The molecule has 8 heteroatoms. The van der Waals surface area contributed by atoms with Crippen LogP contribution in [0.3, 0.4) is 0 Å². The molecule has 0 N–H and O–H groups in total. The molecule has 20 heavy (non-hydrogen) atoms. The fourth-order valence-electron chi connectivity index (χ4n) is 1.14. The second kappa shape index (κ2) is 15.7. The largest absolute Gasteiger partial charge is 0.457 e. The summed E-state index contributed by atoms with van der Waals surface area (Å²) in [7, 11) is 5.46. The van der Waals surface area contributed by atoms with Gasteiger partial charge in [0, 0.05) is 33.1 Å². The van der Waals surface area contributed by atoms with Gasteiger partial charge in [0.15, 0.2) is 0 Å². The summed E-state index contributed by atoms with van der Waals surface area (Å²) in [5, 5.41) is -0.408. The standard InChI is InChI=1S/C12H22O4S4/c1-3-15-11(13)19-17-9-7-5-6-8-10-18-20-12(14)16-4-2/h3-10H2,1-2H3. The highest BCUT2D eigenvalue weighted by molar-refractivity contribution is 8.82. The maximum atomic E-state index is 11.0. The van der Waals surface area contributed by atoms with E-state index in [9.17, 15) is 9.59 Å². The van der Waals surface area contributed by atoms with E-state index in [1.165, 1.54) is 21.6 Å². The van der Waals surface area contributed by atoms with Crippen LogP contribution in [0.4, 0.5) is 9.59 Å². The molecule has 0 aromatic rings. The van der Waals surface area contributed by atoms with Gasteiger partial charge in [-0.15, -0.1) is 0 Å². The first-order valence-electron chi connectivity index (χ1n) is 6.63. The lowest BCUT2D eigenvalue weighted by molar-refractivity contribution is 0.181. The highest BCUT2D eigenvalue weighted by Crippen LogP contribution is 2.26. The Labute approximate surface area is 137 Å². The first-order valence-corrected chi connectivity index (χ1v) is 11.3. The van der Waals surface area contributed by atoms with E-state index >= 15 is 0 Å². The van der Waals surface area contributed by atoms with E-state index in [4.69, 9.17) is 9.47 Å². The van der Waals surface area contributed by atoms with Crippen LogP contribution in [-0.2, 0) is 9.47 Å². The molecule has 0 aromatic carbocycles. The van der Waals surface area contributed by atoms with E-state index in [1.807, 2.05) is 0 Å². The van der Waals surface area contributed by atoms with Crippen LogP contribution in [0.5, 0.6) is 0 Å². The molecule has 0 spiro atoms. The van der Waals surface area contributed by atoms with Crippen molar-refractivity contribution in [3.63, 3.8) is 0 Å². The Hall–Kier alpha value is 0.340. The molecule has 0 aliphatic rings. The summed E-state index contributed by atoms with van der Waals surface area (Å²) in [4.78, 5) is 22.1. The van der Waals surface area contributed by atoms with Crippen LogP contribution in [0.15, 0.2) is 0 Å². The van der Waals surface area contributed by atoms with Crippen molar-refractivity contribution < 1.29 is 19.1 Å². The molecule has 4 nitrogen and oxygen atoms in total. The quantitative estimate of drug-likeness (QED) is 0.268. The summed E-state index contributed by atoms with van der Waals surface area (Å²) in [5.74, 6) is 1.93. The molecule has 0 saturated carbocycles. The topological polar surface area (TPSA) is 52.6 Å². The molecule has 0 bridgehead atoms. The molecule has 0 amide bonds. The SMILES string of the molecule is CCOC(=O)SSCCCCCCSSC(=O)OCC. The normalized spacial score (nSPS) is 10.3. The van der Waals surface area contributed by atoms with Gasteiger partial charge in [-0.25, -0.2) is 9.59 Å². The van der Waals surface area contributed by atoms with Gasteiger partial charge in [-0.2, -0.15) is 0 Å². The molecule has 0 saturated heterocycles. The summed E-state index contributed by atoms with van der Waals surface area (Å²) >= 11 is 0. The molecule has 0 radical (unpaired) electrons. The minimum absolute atomic E-state index is 0.204. The van der Waals surface area contributed by atoms with Gasteiger partial charge in [-0.3, -0.25) is 0 Å². The molecule has 0 aromatic heterocycles. The van der Waals surface area contributed by atoms with Gasteiger partial charge in [-0.05, 0) is 26.7 Å². The highest BCUT2D eigenvalue weighted by Gasteiger charge is 2.03. The number of unbranched alkanes of at least 4 members (excludes halogenated alkanes) is 3. The molecule has 0 aliphatic heterocycles. The molecule has 0 fully saturated rings. The van der Waals surface area contributed by atoms with Crippen molar-refractivity contribution in [3.05, 3.63) is 0 Å². The third-order valence-electron chi connectivity index (χ3n) is 1.98. The zero-order valence-corrected chi connectivity index (χ0v) is 15.2. The second-order valence-electron chi connectivity index (χ2n) is 3.59. The Morgan fingerprint density at radius 2 is 1.15 bits per heavy atom. The van der Waals surface area contributed by atoms with E-state index < -0.39 is 0 Å². The molecular formula is C12H22O4S4. The van der Waals surface area contributed by atoms with E-state index in [2.05, 4.69) is 0 Å². The number of rotatable bonds is 11. The van der Waals surface area contributed by atoms with Crippen LogP contribution in [-0.4, -0.2) is 35.3 Å². The van der Waals surface area contributed by atoms with Crippen molar-refractivity contribution in [1.29, 1.82) is 0 Å². The third kappa shape index (κ3) is 14.7. The average molecular weight is 359 g/mol. The van der Waals surface area contributed by atoms with E-state index in [-0.39, 0.29) is 10.6 Å². The van der Waals surface area contributed by atoms with Gasteiger partial charge in [0.25, 0.3) is 0 Å². The van der Waals surface area contributed by atoms with Crippen molar-refractivity contribution in [2.24, 2.45) is 0 Å². The lowest BCUT2D eigenvalue weighted by Gasteiger charge is -2.02. The summed E-state index contributed by atoms with van der Waals surface area (Å²) in [6, 6.07) is 0. The number of ether oxygens (including phenoxy) is 2.